The zero-order valence-corrected chi connectivity index (χ0v) is 5.06. The zero-order chi connectivity index (χ0) is 7.02. The van der Waals surface area contributed by atoms with E-state index in [2.05, 4.69) is 0 Å². The van der Waals surface area contributed by atoms with Gasteiger partial charge in [-0.1, -0.05) is 0 Å². The highest BCUT2D eigenvalue weighted by Gasteiger charge is 2.35. The van der Waals surface area contributed by atoms with Gasteiger partial charge in [-0.3, -0.25) is 0 Å². The molecule has 0 aromatic rings. The van der Waals surface area contributed by atoms with Crippen molar-refractivity contribution < 1.29 is 15.0 Å². The zero-order valence-electron chi connectivity index (χ0n) is 5.06. The second kappa shape index (κ2) is 1.97. The molecule has 4 heteroatoms. The lowest BCUT2D eigenvalue weighted by Gasteiger charge is -2.08. The molecule has 1 heterocycles. The minimum atomic E-state index is -0.988. The summed E-state index contributed by atoms with van der Waals surface area (Å²) in [6, 6.07) is -0.514. The first-order valence-electron chi connectivity index (χ1n) is 2.79. The topological polar surface area (TPSA) is 66.5 Å². The third-order valence-corrected chi connectivity index (χ3v) is 1.55. The molecule has 52 valence electrons. The molecule has 0 aliphatic carbocycles. The third-order valence-electron chi connectivity index (χ3n) is 1.55. The molecule has 0 saturated heterocycles. The molecular formula is C5H9NO3. The Hall–Kier alpha value is -0.610. The molecule has 0 radical (unpaired) electrons. The Balaban J connectivity index is 2.70. The van der Waals surface area contributed by atoms with Crippen molar-refractivity contribution in [3.05, 3.63) is 5.21 Å². The number of hydrogen-bond acceptors (Lipinski definition) is 3. The van der Waals surface area contributed by atoms with Crippen LogP contribution in [0.3, 0.4) is 0 Å². The van der Waals surface area contributed by atoms with Crippen molar-refractivity contribution in [1.29, 1.82) is 0 Å². The molecular weight excluding hydrogens is 122 g/mol. The van der Waals surface area contributed by atoms with Crippen molar-refractivity contribution in [2.75, 3.05) is 0 Å². The van der Waals surface area contributed by atoms with Crippen LogP contribution in [0.2, 0.25) is 0 Å². The van der Waals surface area contributed by atoms with Gasteiger partial charge in [0.25, 0.3) is 0 Å². The maximum Gasteiger partial charge on any atom is 0.188 e. The van der Waals surface area contributed by atoms with E-state index in [1.54, 1.807) is 6.92 Å². The number of nitrogens with zero attached hydrogens (tertiary/aromatic N) is 1. The lowest BCUT2D eigenvalue weighted by Crippen LogP contribution is -2.31. The molecule has 0 aromatic carbocycles. The summed E-state index contributed by atoms with van der Waals surface area (Å²) >= 11 is 0. The van der Waals surface area contributed by atoms with Gasteiger partial charge in [0.2, 0.25) is 0 Å². The number of aliphatic hydroxyl groups is 2. The van der Waals surface area contributed by atoms with Gasteiger partial charge in [-0.2, -0.15) is 0 Å². The van der Waals surface area contributed by atoms with Crippen molar-refractivity contribution >= 4 is 6.21 Å². The summed E-state index contributed by atoms with van der Waals surface area (Å²) in [6.45, 7) is 1.56. The maximum atomic E-state index is 10.5. The lowest BCUT2D eigenvalue weighted by molar-refractivity contribution is -0.492. The highest BCUT2D eigenvalue weighted by molar-refractivity contribution is 5.60. The van der Waals surface area contributed by atoms with Crippen LogP contribution < -0.4 is 0 Å². The van der Waals surface area contributed by atoms with Crippen LogP contribution in [-0.2, 0) is 0 Å². The normalized spacial score (nSPS) is 43.0. The molecule has 3 atom stereocenters. The largest absolute Gasteiger partial charge is 0.624 e. The van der Waals surface area contributed by atoms with Crippen LogP contribution >= 0.6 is 0 Å². The summed E-state index contributed by atoms with van der Waals surface area (Å²) in [5.74, 6) is 0. The molecule has 0 amide bonds. The monoisotopic (exact) mass is 131 g/mol. The van der Waals surface area contributed by atoms with Crippen LogP contribution in [0, 0.1) is 5.21 Å². The first kappa shape index (κ1) is 6.51. The van der Waals surface area contributed by atoms with E-state index in [-0.39, 0.29) is 0 Å². The van der Waals surface area contributed by atoms with Crippen LogP contribution in [0.4, 0.5) is 0 Å². The summed E-state index contributed by atoms with van der Waals surface area (Å²) < 4.78 is 0.565. The molecule has 9 heavy (non-hydrogen) atoms. The molecule has 1 aliphatic heterocycles. The minimum Gasteiger partial charge on any atom is -0.624 e. The Bertz CT molecular complexity index is 145. The molecule has 4 nitrogen and oxygen atoms in total. The second-order valence-electron chi connectivity index (χ2n) is 2.23. The molecule has 0 fully saturated rings. The number of aliphatic hydroxyl groups excluding tert-OH is 2. The average molecular weight is 131 g/mol. The van der Waals surface area contributed by atoms with Gasteiger partial charge in [0.05, 0.1) is 0 Å². The van der Waals surface area contributed by atoms with E-state index in [1.165, 1.54) is 0 Å². The van der Waals surface area contributed by atoms with Gasteiger partial charge >= 0.3 is 0 Å². The van der Waals surface area contributed by atoms with Crippen LogP contribution in [0.1, 0.15) is 6.92 Å². The Labute approximate surface area is 52.6 Å². The van der Waals surface area contributed by atoms with Crippen molar-refractivity contribution in [2.24, 2.45) is 0 Å². The molecule has 0 spiro atoms. The summed E-state index contributed by atoms with van der Waals surface area (Å²) in [7, 11) is 0. The predicted molar refractivity (Wildman–Crippen MR) is 31.2 cm³/mol. The lowest BCUT2D eigenvalue weighted by atomic mass is 10.1. The van der Waals surface area contributed by atoms with Crippen molar-refractivity contribution in [3.63, 3.8) is 0 Å². The Kier molecular flexibility index (Phi) is 1.42. The summed E-state index contributed by atoms with van der Waals surface area (Å²) in [6.07, 6.45) is -0.852. The van der Waals surface area contributed by atoms with Gasteiger partial charge in [-0.25, -0.2) is 4.74 Å². The van der Waals surface area contributed by atoms with Gasteiger partial charge in [-0.15, -0.1) is 0 Å². The Morgan fingerprint density at radius 1 is 1.56 bits per heavy atom. The van der Waals surface area contributed by atoms with Gasteiger partial charge in [0.1, 0.15) is 0 Å². The fraction of sp³-hybridized carbons (Fsp3) is 0.800. The van der Waals surface area contributed by atoms with Gasteiger partial charge in [0.15, 0.2) is 24.5 Å². The summed E-state index contributed by atoms with van der Waals surface area (Å²) in [5, 5.41) is 28.2. The van der Waals surface area contributed by atoms with E-state index in [1.807, 2.05) is 0 Å². The maximum absolute atomic E-state index is 10.5. The van der Waals surface area contributed by atoms with E-state index < -0.39 is 18.2 Å². The van der Waals surface area contributed by atoms with E-state index in [4.69, 9.17) is 10.2 Å². The number of hydroxylamine groups is 1. The highest BCUT2D eigenvalue weighted by atomic mass is 16.5. The molecule has 2 N–H and O–H groups in total. The Morgan fingerprint density at radius 2 is 2.11 bits per heavy atom. The van der Waals surface area contributed by atoms with Gasteiger partial charge in [-0.05, 0) is 0 Å². The highest BCUT2D eigenvalue weighted by Crippen LogP contribution is 2.07. The quantitative estimate of drug-likeness (QED) is 0.317. The third kappa shape index (κ3) is 0.906. The van der Waals surface area contributed by atoms with E-state index >= 15 is 0 Å². The fourth-order valence-corrected chi connectivity index (χ4v) is 0.810. The van der Waals surface area contributed by atoms with Gasteiger partial charge in [0, 0.05) is 6.92 Å². The van der Waals surface area contributed by atoms with E-state index in [0.717, 1.165) is 6.21 Å². The average Bonchev–Trinajstić information content (AvgIpc) is 1.98. The fourth-order valence-electron chi connectivity index (χ4n) is 0.810. The van der Waals surface area contributed by atoms with E-state index in [9.17, 15) is 5.21 Å². The van der Waals surface area contributed by atoms with Gasteiger partial charge < -0.3 is 15.4 Å². The molecule has 0 bridgehead atoms. The molecule has 0 aromatic heterocycles. The first-order valence-corrected chi connectivity index (χ1v) is 2.79. The number of rotatable bonds is 0. The summed E-state index contributed by atoms with van der Waals surface area (Å²) in [4.78, 5) is 0. The predicted octanol–water partition coefficient (Wildman–Crippen LogP) is -1.31. The molecule has 1 rings (SSSR count). The SMILES string of the molecule is C[C@H]1[C@@H](O)[C@@H](O)C=[N+]1[O-]. The van der Waals surface area contributed by atoms with Crippen LogP contribution in [0.25, 0.3) is 0 Å². The second-order valence-corrected chi connectivity index (χ2v) is 2.23. The van der Waals surface area contributed by atoms with Crippen LogP contribution in [0.5, 0.6) is 0 Å². The smallest absolute Gasteiger partial charge is 0.188 e. The summed E-state index contributed by atoms with van der Waals surface area (Å²) in [5.41, 5.74) is 0. The molecule has 1 aliphatic rings. The van der Waals surface area contributed by atoms with E-state index in [0.29, 0.717) is 4.74 Å². The van der Waals surface area contributed by atoms with Crippen LogP contribution in [0.15, 0.2) is 0 Å². The van der Waals surface area contributed by atoms with Crippen LogP contribution in [-0.4, -0.2) is 39.4 Å². The van der Waals surface area contributed by atoms with Crippen molar-refractivity contribution in [3.8, 4) is 0 Å². The standard InChI is InChI=1S/C5H9NO3/c1-3-5(8)4(7)2-6(3)9/h2-5,7-8H,1H3/t3-,4-,5+/m0/s1. The Morgan fingerprint density at radius 3 is 2.22 bits per heavy atom. The first-order chi connectivity index (χ1) is 4.13. The van der Waals surface area contributed by atoms with Crippen molar-refractivity contribution in [2.45, 2.75) is 25.2 Å². The minimum absolute atomic E-state index is 0.514. The molecule has 0 saturated carbocycles. The molecule has 0 unspecified atom stereocenters. The number of hydrogen-bond donors (Lipinski definition) is 2. The van der Waals surface area contributed by atoms with Crippen molar-refractivity contribution in [1.82, 2.24) is 0 Å².